The van der Waals surface area contributed by atoms with Gasteiger partial charge in [-0.25, -0.2) is 0 Å². The molecular weight excluding hydrogens is 244 g/mol. The van der Waals surface area contributed by atoms with Crippen LogP contribution < -0.4 is 9.47 Å². The highest BCUT2D eigenvalue weighted by Gasteiger charge is 2.08. The molecule has 0 amide bonds. The Kier molecular flexibility index (Phi) is 5.93. The maximum Gasteiger partial charge on any atom is 0.307 e. The summed E-state index contributed by atoms with van der Waals surface area (Å²) in [5, 5.41) is 8.72. The Bertz CT molecular complexity index is 463. The van der Waals surface area contributed by atoms with Crippen LogP contribution in [0.4, 0.5) is 0 Å². The summed E-state index contributed by atoms with van der Waals surface area (Å²) in [5.41, 5.74) is 1.74. The minimum Gasteiger partial charge on any atom is -0.494 e. The first-order valence-corrected chi connectivity index (χ1v) is 6.37. The molecule has 0 saturated heterocycles. The molecule has 0 aliphatic carbocycles. The zero-order chi connectivity index (χ0) is 14.3. The van der Waals surface area contributed by atoms with Gasteiger partial charge in [-0.1, -0.05) is 6.08 Å². The number of carbonyl (C=O) groups is 1. The summed E-state index contributed by atoms with van der Waals surface area (Å²) in [6.45, 7) is 6.86. The monoisotopic (exact) mass is 264 g/mol. The lowest BCUT2D eigenvalue weighted by molar-refractivity contribution is -0.135. The van der Waals surface area contributed by atoms with Crippen molar-refractivity contribution in [3.05, 3.63) is 29.8 Å². The van der Waals surface area contributed by atoms with Crippen LogP contribution in [-0.4, -0.2) is 24.3 Å². The fraction of sp³-hybridized carbons (Fsp3) is 0.400. The van der Waals surface area contributed by atoms with Crippen molar-refractivity contribution in [2.45, 2.75) is 27.2 Å². The van der Waals surface area contributed by atoms with E-state index in [0.717, 1.165) is 22.6 Å². The Labute approximate surface area is 113 Å². The highest BCUT2D eigenvalue weighted by Crippen LogP contribution is 2.30. The first-order valence-electron chi connectivity index (χ1n) is 6.37. The van der Waals surface area contributed by atoms with Crippen molar-refractivity contribution in [1.29, 1.82) is 0 Å². The minimum absolute atomic E-state index is 0.00371. The van der Waals surface area contributed by atoms with Gasteiger partial charge in [-0.3, -0.25) is 4.79 Å². The molecule has 1 aromatic rings. The first-order chi connectivity index (χ1) is 9.08. The van der Waals surface area contributed by atoms with Gasteiger partial charge in [-0.15, -0.1) is 0 Å². The van der Waals surface area contributed by atoms with Gasteiger partial charge in [0.2, 0.25) is 0 Å². The highest BCUT2D eigenvalue weighted by atomic mass is 16.5. The summed E-state index contributed by atoms with van der Waals surface area (Å²) >= 11 is 0. The average Bonchev–Trinajstić information content (AvgIpc) is 2.38. The van der Waals surface area contributed by atoms with Crippen LogP contribution in [-0.2, 0) is 4.79 Å². The Morgan fingerprint density at radius 2 is 1.95 bits per heavy atom. The number of carboxylic acids is 1. The van der Waals surface area contributed by atoms with Gasteiger partial charge in [0, 0.05) is 5.56 Å². The van der Waals surface area contributed by atoms with Crippen molar-refractivity contribution in [2.24, 2.45) is 0 Å². The molecule has 0 radical (unpaired) electrons. The maximum atomic E-state index is 10.6. The van der Waals surface area contributed by atoms with Crippen LogP contribution in [0.1, 0.15) is 32.8 Å². The third-order valence-electron chi connectivity index (χ3n) is 2.57. The van der Waals surface area contributed by atoms with Crippen molar-refractivity contribution >= 4 is 11.5 Å². The van der Waals surface area contributed by atoms with E-state index in [1.54, 1.807) is 6.08 Å². The summed E-state index contributed by atoms with van der Waals surface area (Å²) in [6.07, 6.45) is 1.67. The van der Waals surface area contributed by atoms with Crippen molar-refractivity contribution in [2.75, 3.05) is 13.2 Å². The van der Waals surface area contributed by atoms with E-state index in [1.807, 2.05) is 39.0 Å². The second-order valence-electron chi connectivity index (χ2n) is 4.01. The minimum atomic E-state index is -0.849. The maximum absolute atomic E-state index is 10.6. The predicted octanol–water partition coefficient (Wildman–Crippen LogP) is 3.36. The largest absolute Gasteiger partial charge is 0.494 e. The molecule has 0 atom stereocenters. The molecule has 0 saturated carbocycles. The number of rotatable bonds is 7. The standard InChI is InChI=1S/C15H20O4/c1-4-18-12-7-8-14(19-5-2)13(10-12)11(3)6-9-15(16)17/h6-8,10H,4-5,9H2,1-3H3,(H,16,17)/b11-6+. The van der Waals surface area contributed by atoms with Crippen LogP contribution in [0.3, 0.4) is 0 Å². The van der Waals surface area contributed by atoms with E-state index < -0.39 is 5.97 Å². The van der Waals surface area contributed by atoms with Crippen LogP contribution in [0.2, 0.25) is 0 Å². The van der Waals surface area contributed by atoms with Gasteiger partial charge in [0.15, 0.2) is 0 Å². The van der Waals surface area contributed by atoms with Crippen LogP contribution >= 0.6 is 0 Å². The molecule has 1 rings (SSSR count). The lowest BCUT2D eigenvalue weighted by Crippen LogP contribution is -1.98. The van der Waals surface area contributed by atoms with Gasteiger partial charge in [0.05, 0.1) is 19.6 Å². The molecule has 1 aromatic carbocycles. The average molecular weight is 264 g/mol. The molecule has 0 aromatic heterocycles. The Morgan fingerprint density at radius 3 is 2.53 bits per heavy atom. The third-order valence-corrected chi connectivity index (χ3v) is 2.57. The molecular formula is C15H20O4. The third kappa shape index (κ3) is 4.66. The second-order valence-corrected chi connectivity index (χ2v) is 4.01. The molecule has 4 nitrogen and oxygen atoms in total. The molecule has 0 unspecified atom stereocenters. The van der Waals surface area contributed by atoms with Gasteiger partial charge < -0.3 is 14.6 Å². The molecule has 0 fully saturated rings. The predicted molar refractivity (Wildman–Crippen MR) is 74.7 cm³/mol. The van der Waals surface area contributed by atoms with E-state index in [2.05, 4.69) is 0 Å². The SMILES string of the molecule is CCOc1ccc(OCC)c(/C(C)=C/CC(=O)O)c1. The van der Waals surface area contributed by atoms with Crippen molar-refractivity contribution < 1.29 is 19.4 Å². The van der Waals surface area contributed by atoms with Crippen LogP contribution in [0.15, 0.2) is 24.3 Å². The summed E-state index contributed by atoms with van der Waals surface area (Å²) in [4.78, 5) is 10.6. The van der Waals surface area contributed by atoms with Crippen molar-refractivity contribution in [3.8, 4) is 11.5 Å². The van der Waals surface area contributed by atoms with Gasteiger partial charge in [-0.05, 0) is 44.5 Å². The van der Waals surface area contributed by atoms with E-state index in [4.69, 9.17) is 14.6 Å². The quantitative estimate of drug-likeness (QED) is 0.820. The van der Waals surface area contributed by atoms with E-state index >= 15 is 0 Å². The van der Waals surface area contributed by atoms with Crippen molar-refractivity contribution in [1.82, 2.24) is 0 Å². The van der Waals surface area contributed by atoms with E-state index in [-0.39, 0.29) is 6.42 Å². The number of ether oxygens (including phenoxy) is 2. The Hall–Kier alpha value is -1.97. The fourth-order valence-corrected chi connectivity index (χ4v) is 1.71. The van der Waals surface area contributed by atoms with Crippen LogP contribution in [0, 0.1) is 0 Å². The smallest absolute Gasteiger partial charge is 0.307 e. The molecule has 0 aliphatic heterocycles. The van der Waals surface area contributed by atoms with Crippen molar-refractivity contribution in [3.63, 3.8) is 0 Å². The number of benzene rings is 1. The first kappa shape index (κ1) is 15.1. The van der Waals surface area contributed by atoms with Gasteiger partial charge >= 0.3 is 5.97 Å². The lowest BCUT2D eigenvalue weighted by Gasteiger charge is -2.13. The Balaban J connectivity index is 3.08. The number of carboxylic acid groups (broad SMARTS) is 1. The van der Waals surface area contributed by atoms with Gasteiger partial charge in [-0.2, -0.15) is 0 Å². The highest BCUT2D eigenvalue weighted by molar-refractivity contribution is 5.76. The van der Waals surface area contributed by atoms with Crippen LogP contribution in [0.25, 0.3) is 5.57 Å². The molecule has 1 N–H and O–H groups in total. The molecule has 19 heavy (non-hydrogen) atoms. The summed E-state index contributed by atoms with van der Waals surface area (Å²) in [7, 11) is 0. The summed E-state index contributed by atoms with van der Waals surface area (Å²) in [6, 6.07) is 5.58. The number of hydrogen-bond donors (Lipinski definition) is 1. The Morgan fingerprint density at radius 1 is 1.26 bits per heavy atom. The number of aliphatic carboxylic acids is 1. The fourth-order valence-electron chi connectivity index (χ4n) is 1.71. The molecule has 0 bridgehead atoms. The molecule has 0 aliphatic rings. The van der Waals surface area contributed by atoms with Crippen LogP contribution in [0.5, 0.6) is 11.5 Å². The topological polar surface area (TPSA) is 55.8 Å². The van der Waals surface area contributed by atoms with E-state index in [0.29, 0.717) is 13.2 Å². The molecule has 0 spiro atoms. The van der Waals surface area contributed by atoms with E-state index in [1.165, 1.54) is 0 Å². The zero-order valence-corrected chi connectivity index (χ0v) is 11.6. The van der Waals surface area contributed by atoms with Gasteiger partial charge in [0.25, 0.3) is 0 Å². The lowest BCUT2D eigenvalue weighted by atomic mass is 10.0. The zero-order valence-electron chi connectivity index (χ0n) is 11.6. The number of allylic oxidation sites excluding steroid dienone is 1. The number of hydrogen-bond acceptors (Lipinski definition) is 3. The molecule has 4 heteroatoms. The normalized spacial score (nSPS) is 11.2. The summed E-state index contributed by atoms with van der Waals surface area (Å²) < 4.78 is 11.0. The van der Waals surface area contributed by atoms with E-state index in [9.17, 15) is 4.79 Å². The second kappa shape index (κ2) is 7.46. The summed E-state index contributed by atoms with van der Waals surface area (Å²) in [5.74, 6) is 0.646. The molecule has 104 valence electrons. The van der Waals surface area contributed by atoms with Gasteiger partial charge in [0.1, 0.15) is 11.5 Å². The molecule has 0 heterocycles.